The van der Waals surface area contributed by atoms with Crippen LogP contribution < -0.4 is 10.6 Å². The quantitative estimate of drug-likeness (QED) is 0.754. The number of carbonyl (C=O) groups is 2. The normalized spacial score (nSPS) is 12.0. The first kappa shape index (κ1) is 19.1. The largest absolute Gasteiger partial charge is 0.353 e. The second-order valence-corrected chi connectivity index (χ2v) is 6.86. The van der Waals surface area contributed by atoms with Crippen molar-refractivity contribution in [1.82, 2.24) is 15.5 Å². The molecule has 1 aromatic heterocycles. The van der Waals surface area contributed by atoms with E-state index in [-0.39, 0.29) is 36.6 Å². The topological polar surface area (TPSA) is 61.4 Å². The van der Waals surface area contributed by atoms with Crippen molar-refractivity contribution in [2.75, 3.05) is 27.2 Å². The SMILES string of the molecule is CN(C)C(CNC(=O)CNC(=O)Cc1cccc(F)c1)c1cccs1. The number of thiophene rings is 1. The first-order chi connectivity index (χ1) is 12.0. The number of hydrogen-bond donors (Lipinski definition) is 2. The molecule has 7 heteroatoms. The third-order valence-corrected chi connectivity index (χ3v) is 4.66. The third kappa shape index (κ3) is 6.28. The Morgan fingerprint density at radius 2 is 1.96 bits per heavy atom. The molecule has 0 spiro atoms. The van der Waals surface area contributed by atoms with Crippen LogP contribution in [0.2, 0.25) is 0 Å². The van der Waals surface area contributed by atoms with Gasteiger partial charge >= 0.3 is 0 Å². The molecule has 2 aromatic rings. The Labute approximate surface area is 150 Å². The number of carbonyl (C=O) groups excluding carboxylic acids is 2. The van der Waals surface area contributed by atoms with Gasteiger partial charge in [-0.05, 0) is 43.2 Å². The van der Waals surface area contributed by atoms with Gasteiger partial charge in [-0.1, -0.05) is 18.2 Å². The van der Waals surface area contributed by atoms with Crippen LogP contribution in [0.4, 0.5) is 4.39 Å². The number of hydrogen-bond acceptors (Lipinski definition) is 4. The van der Waals surface area contributed by atoms with Crippen LogP contribution >= 0.6 is 11.3 Å². The van der Waals surface area contributed by atoms with E-state index in [1.54, 1.807) is 23.5 Å². The van der Waals surface area contributed by atoms with Gasteiger partial charge in [0.25, 0.3) is 0 Å². The van der Waals surface area contributed by atoms with Crippen LogP contribution in [0, 0.1) is 5.82 Å². The van der Waals surface area contributed by atoms with Crippen LogP contribution in [0.5, 0.6) is 0 Å². The number of likely N-dealkylation sites (N-methyl/N-ethyl adjacent to an activating group) is 1. The molecule has 5 nitrogen and oxygen atoms in total. The smallest absolute Gasteiger partial charge is 0.239 e. The Morgan fingerprint density at radius 3 is 2.60 bits per heavy atom. The summed E-state index contributed by atoms with van der Waals surface area (Å²) in [6.45, 7) is 0.366. The second kappa shape index (κ2) is 9.29. The molecule has 134 valence electrons. The number of benzene rings is 1. The lowest BCUT2D eigenvalue weighted by Gasteiger charge is -2.23. The van der Waals surface area contributed by atoms with E-state index in [1.807, 2.05) is 36.5 Å². The number of halogens is 1. The molecule has 0 saturated carbocycles. The monoisotopic (exact) mass is 363 g/mol. The standard InChI is InChI=1S/C18H22FN3O2S/c1-22(2)15(16-7-4-8-25-16)11-20-18(24)12-21-17(23)10-13-5-3-6-14(19)9-13/h3-9,15H,10-12H2,1-2H3,(H,20,24)(H,21,23). The van der Waals surface area contributed by atoms with Gasteiger partial charge in [-0.2, -0.15) is 0 Å². The zero-order chi connectivity index (χ0) is 18.2. The van der Waals surface area contributed by atoms with Gasteiger partial charge in [0, 0.05) is 11.4 Å². The summed E-state index contributed by atoms with van der Waals surface area (Å²) in [5, 5.41) is 7.39. The van der Waals surface area contributed by atoms with Gasteiger partial charge in [-0.25, -0.2) is 4.39 Å². The van der Waals surface area contributed by atoms with E-state index < -0.39 is 0 Å². The van der Waals surface area contributed by atoms with Gasteiger partial charge in [0.1, 0.15) is 5.82 Å². The zero-order valence-electron chi connectivity index (χ0n) is 14.3. The van der Waals surface area contributed by atoms with E-state index >= 15 is 0 Å². The third-order valence-electron chi connectivity index (χ3n) is 3.69. The number of nitrogens with one attached hydrogen (secondary N) is 2. The highest BCUT2D eigenvalue weighted by atomic mass is 32.1. The van der Waals surface area contributed by atoms with Crippen molar-refractivity contribution >= 4 is 23.2 Å². The maximum atomic E-state index is 13.1. The minimum absolute atomic E-state index is 0.0422. The summed E-state index contributed by atoms with van der Waals surface area (Å²) < 4.78 is 13.1. The molecular weight excluding hydrogens is 341 g/mol. The number of nitrogens with zero attached hydrogens (tertiary/aromatic N) is 1. The van der Waals surface area contributed by atoms with E-state index in [0.717, 1.165) is 0 Å². The summed E-state index contributed by atoms with van der Waals surface area (Å²) in [4.78, 5) is 27.0. The first-order valence-electron chi connectivity index (χ1n) is 7.93. The molecule has 0 aliphatic heterocycles. The lowest BCUT2D eigenvalue weighted by molar-refractivity contribution is -0.125. The van der Waals surface area contributed by atoms with Crippen molar-refractivity contribution in [3.8, 4) is 0 Å². The maximum Gasteiger partial charge on any atom is 0.239 e. The van der Waals surface area contributed by atoms with Crippen LogP contribution in [0.1, 0.15) is 16.5 Å². The number of rotatable bonds is 8. The van der Waals surface area contributed by atoms with Crippen molar-refractivity contribution in [2.45, 2.75) is 12.5 Å². The molecule has 1 heterocycles. The van der Waals surface area contributed by atoms with Gasteiger partial charge < -0.3 is 15.5 Å². The van der Waals surface area contributed by atoms with Crippen molar-refractivity contribution in [3.63, 3.8) is 0 Å². The van der Waals surface area contributed by atoms with Gasteiger partial charge in [-0.3, -0.25) is 9.59 Å². The predicted octanol–water partition coefficient (Wildman–Crippen LogP) is 1.97. The van der Waals surface area contributed by atoms with Gasteiger partial charge in [0.05, 0.1) is 19.0 Å². The fourth-order valence-electron chi connectivity index (χ4n) is 2.37. The van der Waals surface area contributed by atoms with Crippen LogP contribution in [-0.4, -0.2) is 43.9 Å². The Bertz CT molecular complexity index is 704. The fraction of sp³-hybridized carbons (Fsp3) is 0.333. The Morgan fingerprint density at radius 1 is 1.16 bits per heavy atom. The van der Waals surface area contributed by atoms with Gasteiger partial charge in [0.15, 0.2) is 0 Å². The fourth-order valence-corrected chi connectivity index (χ4v) is 3.29. The molecule has 0 saturated heterocycles. The molecule has 2 amide bonds. The van der Waals surface area contributed by atoms with E-state index in [4.69, 9.17) is 0 Å². The summed E-state index contributed by atoms with van der Waals surface area (Å²) in [6, 6.07) is 9.95. The molecule has 1 unspecified atom stereocenters. The highest BCUT2D eigenvalue weighted by molar-refractivity contribution is 7.10. The molecule has 25 heavy (non-hydrogen) atoms. The lowest BCUT2D eigenvalue weighted by atomic mass is 10.1. The van der Waals surface area contributed by atoms with Crippen molar-refractivity contribution in [3.05, 3.63) is 58.0 Å². The van der Waals surface area contributed by atoms with Crippen LogP contribution in [0.15, 0.2) is 41.8 Å². The van der Waals surface area contributed by atoms with Crippen molar-refractivity contribution in [2.24, 2.45) is 0 Å². The summed E-state index contributed by atoms with van der Waals surface area (Å²) in [5.41, 5.74) is 0.572. The second-order valence-electron chi connectivity index (χ2n) is 5.88. The maximum absolute atomic E-state index is 13.1. The van der Waals surface area contributed by atoms with Crippen LogP contribution in [0.25, 0.3) is 0 Å². The Kier molecular flexibility index (Phi) is 7.09. The Balaban J connectivity index is 1.75. The van der Waals surface area contributed by atoms with E-state index in [2.05, 4.69) is 10.6 Å². The minimum atomic E-state index is -0.383. The Hall–Kier alpha value is -2.25. The zero-order valence-corrected chi connectivity index (χ0v) is 15.1. The lowest BCUT2D eigenvalue weighted by Crippen LogP contribution is -2.40. The van der Waals surface area contributed by atoms with Crippen molar-refractivity contribution in [1.29, 1.82) is 0 Å². The molecule has 0 aliphatic rings. The van der Waals surface area contributed by atoms with E-state index in [9.17, 15) is 14.0 Å². The average molecular weight is 363 g/mol. The first-order valence-corrected chi connectivity index (χ1v) is 8.81. The van der Waals surface area contributed by atoms with Gasteiger partial charge in [0.2, 0.25) is 11.8 Å². The summed E-state index contributed by atoms with van der Waals surface area (Å²) in [7, 11) is 3.91. The molecule has 0 fully saturated rings. The van der Waals surface area contributed by atoms with E-state index in [1.165, 1.54) is 17.0 Å². The van der Waals surface area contributed by atoms with Gasteiger partial charge in [-0.15, -0.1) is 11.3 Å². The highest BCUT2D eigenvalue weighted by Crippen LogP contribution is 2.22. The molecular formula is C18H22FN3O2S. The molecule has 1 atom stereocenters. The minimum Gasteiger partial charge on any atom is -0.353 e. The molecule has 1 aromatic carbocycles. The van der Waals surface area contributed by atoms with E-state index in [0.29, 0.717) is 12.1 Å². The number of amides is 2. The predicted molar refractivity (Wildman–Crippen MR) is 96.9 cm³/mol. The summed E-state index contributed by atoms with van der Waals surface area (Å²) in [5.74, 6) is -0.953. The summed E-state index contributed by atoms with van der Waals surface area (Å²) >= 11 is 1.64. The highest BCUT2D eigenvalue weighted by Gasteiger charge is 2.16. The summed E-state index contributed by atoms with van der Waals surface area (Å²) in [6.07, 6.45) is 0.0422. The average Bonchev–Trinajstić information content (AvgIpc) is 3.07. The molecule has 2 N–H and O–H groups in total. The molecule has 0 aliphatic carbocycles. The molecule has 2 rings (SSSR count). The van der Waals surface area contributed by atoms with Crippen LogP contribution in [0.3, 0.4) is 0 Å². The van der Waals surface area contributed by atoms with Crippen molar-refractivity contribution < 1.29 is 14.0 Å². The molecule has 0 bridgehead atoms. The molecule has 0 radical (unpaired) electrons. The van der Waals surface area contributed by atoms with Crippen LogP contribution in [-0.2, 0) is 16.0 Å².